The normalized spacial score (nSPS) is 24.6. The molecule has 0 aromatic rings. The highest BCUT2D eigenvalue weighted by atomic mass is 16.5. The van der Waals surface area contributed by atoms with Crippen molar-refractivity contribution in [1.29, 1.82) is 0 Å². The van der Waals surface area contributed by atoms with Gasteiger partial charge in [0.1, 0.15) is 0 Å². The minimum Gasteiger partial charge on any atom is -0.478 e. The fraction of sp³-hybridized carbons (Fsp3) is 0.944. The maximum Gasteiger partial charge on any atom is 0.186 e. The Balaban J connectivity index is 1.96. The van der Waals surface area contributed by atoms with Crippen molar-refractivity contribution in [3.05, 3.63) is 0 Å². The van der Waals surface area contributed by atoms with E-state index in [1.165, 1.54) is 57.8 Å². The minimum absolute atomic E-state index is 0.248. The van der Waals surface area contributed by atoms with Gasteiger partial charge in [-0.25, -0.2) is 0 Å². The van der Waals surface area contributed by atoms with Gasteiger partial charge in [0.05, 0.1) is 6.10 Å². The zero-order valence-corrected chi connectivity index (χ0v) is 14.0. The molecule has 0 atom stereocenters. The van der Waals surface area contributed by atoms with Crippen LogP contribution in [0, 0.1) is 11.3 Å². The number of aliphatic imine (C=N–C) groups is 1. The average molecular weight is 279 g/mol. The van der Waals surface area contributed by atoms with Crippen LogP contribution in [0.15, 0.2) is 4.99 Å². The molecular formula is C18H33NO. The summed E-state index contributed by atoms with van der Waals surface area (Å²) in [7, 11) is 0. The number of hydrogen-bond donors (Lipinski definition) is 0. The molecule has 0 bridgehead atoms. The summed E-state index contributed by atoms with van der Waals surface area (Å²) in [5, 5.41) is 0. The third-order valence-electron chi connectivity index (χ3n) is 5.05. The van der Waals surface area contributed by atoms with E-state index in [4.69, 9.17) is 9.73 Å². The van der Waals surface area contributed by atoms with Crippen molar-refractivity contribution < 1.29 is 4.74 Å². The van der Waals surface area contributed by atoms with Gasteiger partial charge in [0.25, 0.3) is 0 Å². The predicted molar refractivity (Wildman–Crippen MR) is 86.3 cm³/mol. The second kappa shape index (κ2) is 6.95. The first kappa shape index (κ1) is 15.9. The Morgan fingerprint density at radius 1 is 0.950 bits per heavy atom. The Hall–Kier alpha value is -0.530. The first-order valence-corrected chi connectivity index (χ1v) is 8.75. The number of hydrogen-bond acceptors (Lipinski definition) is 2. The first-order chi connectivity index (χ1) is 9.51. The van der Waals surface area contributed by atoms with Crippen LogP contribution in [0.2, 0.25) is 0 Å². The summed E-state index contributed by atoms with van der Waals surface area (Å²) >= 11 is 0. The van der Waals surface area contributed by atoms with Crippen LogP contribution in [0.25, 0.3) is 0 Å². The smallest absolute Gasteiger partial charge is 0.186 e. The fourth-order valence-corrected chi connectivity index (χ4v) is 4.01. The van der Waals surface area contributed by atoms with Gasteiger partial charge in [0.15, 0.2) is 5.90 Å². The summed E-state index contributed by atoms with van der Waals surface area (Å²) < 4.78 is 6.03. The lowest BCUT2D eigenvalue weighted by atomic mass is 9.63. The van der Waals surface area contributed by atoms with Crippen LogP contribution in [0.3, 0.4) is 0 Å². The molecular weight excluding hydrogens is 246 g/mol. The molecule has 0 aliphatic heterocycles. The van der Waals surface area contributed by atoms with Crippen molar-refractivity contribution in [3.8, 4) is 0 Å². The van der Waals surface area contributed by atoms with Crippen LogP contribution in [0.5, 0.6) is 0 Å². The van der Waals surface area contributed by atoms with E-state index in [1.807, 2.05) is 0 Å². The van der Waals surface area contributed by atoms with Gasteiger partial charge in [0, 0.05) is 12.0 Å². The number of ether oxygens (including phenoxy) is 1. The van der Waals surface area contributed by atoms with Gasteiger partial charge in [-0.05, 0) is 71.6 Å². The highest BCUT2D eigenvalue weighted by Crippen LogP contribution is 2.49. The van der Waals surface area contributed by atoms with Crippen LogP contribution in [0.4, 0.5) is 0 Å². The lowest BCUT2D eigenvalue weighted by molar-refractivity contribution is 0.101. The lowest BCUT2D eigenvalue weighted by Gasteiger charge is -2.43. The zero-order valence-electron chi connectivity index (χ0n) is 14.0. The molecule has 0 N–H and O–H groups in total. The van der Waals surface area contributed by atoms with E-state index < -0.39 is 0 Å². The first-order valence-electron chi connectivity index (χ1n) is 8.75. The molecule has 20 heavy (non-hydrogen) atoms. The third kappa shape index (κ3) is 4.23. The van der Waals surface area contributed by atoms with Crippen LogP contribution >= 0.6 is 0 Å². The molecule has 0 aromatic carbocycles. The summed E-state index contributed by atoms with van der Waals surface area (Å²) in [6.45, 7) is 8.52. The predicted octanol–water partition coefficient (Wildman–Crippen LogP) is 5.36. The maximum absolute atomic E-state index is 6.03. The number of rotatable bonds is 3. The van der Waals surface area contributed by atoms with Gasteiger partial charge in [-0.2, -0.15) is 0 Å². The second-order valence-corrected chi connectivity index (χ2v) is 7.56. The Labute approximate surface area is 125 Å². The molecule has 2 nitrogen and oxygen atoms in total. The van der Waals surface area contributed by atoms with Crippen LogP contribution in [0.1, 0.15) is 85.5 Å². The highest BCUT2D eigenvalue weighted by molar-refractivity contribution is 5.79. The third-order valence-corrected chi connectivity index (χ3v) is 5.05. The minimum atomic E-state index is 0.248. The molecule has 1 spiro atoms. The van der Waals surface area contributed by atoms with Gasteiger partial charge in [-0.15, -0.1) is 0 Å². The molecule has 0 aromatic heterocycles. The van der Waals surface area contributed by atoms with E-state index >= 15 is 0 Å². The van der Waals surface area contributed by atoms with Gasteiger partial charge in [-0.3, -0.25) is 4.99 Å². The molecule has 2 rings (SSSR count). The van der Waals surface area contributed by atoms with Gasteiger partial charge < -0.3 is 4.74 Å². The van der Waals surface area contributed by atoms with E-state index in [2.05, 4.69) is 27.7 Å². The standard InChI is InChI=1S/C18H33NO/c1-14(2)19-17(20-15(3)4)16-8-12-18(13-9-16)10-6-5-7-11-18/h14-16H,5-13H2,1-4H3/b19-17-. The largest absolute Gasteiger partial charge is 0.478 e. The Kier molecular flexibility index (Phi) is 5.51. The van der Waals surface area contributed by atoms with Gasteiger partial charge in [0.2, 0.25) is 0 Å². The van der Waals surface area contributed by atoms with Gasteiger partial charge in [-0.1, -0.05) is 19.3 Å². The SMILES string of the molecule is CC(C)/N=C(\OC(C)C)C1CCC2(CCCCC2)CC1. The van der Waals surface area contributed by atoms with E-state index in [1.54, 1.807) is 0 Å². The average Bonchev–Trinajstić information content (AvgIpc) is 2.39. The van der Waals surface area contributed by atoms with E-state index in [0.717, 1.165) is 5.90 Å². The van der Waals surface area contributed by atoms with Crippen LogP contribution in [-0.4, -0.2) is 18.0 Å². The Morgan fingerprint density at radius 3 is 2.05 bits per heavy atom. The van der Waals surface area contributed by atoms with Crippen molar-refractivity contribution in [2.24, 2.45) is 16.3 Å². The molecule has 2 saturated carbocycles. The summed E-state index contributed by atoms with van der Waals surface area (Å²) in [4.78, 5) is 4.77. The quantitative estimate of drug-likeness (QED) is 0.503. The Morgan fingerprint density at radius 2 is 1.55 bits per heavy atom. The Bertz CT molecular complexity index is 316. The molecule has 116 valence electrons. The molecule has 2 heteroatoms. The van der Waals surface area contributed by atoms with Crippen molar-refractivity contribution in [3.63, 3.8) is 0 Å². The topological polar surface area (TPSA) is 21.6 Å². The van der Waals surface area contributed by atoms with E-state index in [0.29, 0.717) is 17.4 Å². The maximum atomic E-state index is 6.03. The molecule has 0 heterocycles. The summed E-state index contributed by atoms with van der Waals surface area (Å²) in [5.74, 6) is 1.62. The van der Waals surface area contributed by atoms with Crippen molar-refractivity contribution in [2.75, 3.05) is 0 Å². The molecule has 2 aliphatic carbocycles. The monoisotopic (exact) mass is 279 g/mol. The van der Waals surface area contributed by atoms with E-state index in [-0.39, 0.29) is 6.10 Å². The van der Waals surface area contributed by atoms with E-state index in [9.17, 15) is 0 Å². The molecule has 0 saturated heterocycles. The van der Waals surface area contributed by atoms with Gasteiger partial charge >= 0.3 is 0 Å². The second-order valence-electron chi connectivity index (χ2n) is 7.56. The molecule has 2 aliphatic rings. The van der Waals surface area contributed by atoms with Crippen molar-refractivity contribution >= 4 is 5.90 Å². The fourth-order valence-electron chi connectivity index (χ4n) is 4.01. The summed E-state index contributed by atoms with van der Waals surface area (Å²) in [6, 6.07) is 0.342. The summed E-state index contributed by atoms with van der Waals surface area (Å²) in [6.07, 6.45) is 13.0. The highest BCUT2D eigenvalue weighted by Gasteiger charge is 2.38. The molecule has 2 fully saturated rings. The van der Waals surface area contributed by atoms with Crippen molar-refractivity contribution in [1.82, 2.24) is 0 Å². The molecule has 0 amide bonds. The summed E-state index contributed by atoms with van der Waals surface area (Å²) in [5.41, 5.74) is 0.690. The van der Waals surface area contributed by atoms with Crippen molar-refractivity contribution in [2.45, 2.75) is 97.6 Å². The molecule has 0 unspecified atom stereocenters. The van der Waals surface area contributed by atoms with Crippen LogP contribution in [-0.2, 0) is 4.74 Å². The molecule has 0 radical (unpaired) electrons. The lowest BCUT2D eigenvalue weighted by Crippen LogP contribution is -2.34. The van der Waals surface area contributed by atoms with Crippen LogP contribution < -0.4 is 0 Å². The zero-order chi connectivity index (χ0) is 14.6. The number of nitrogens with zero attached hydrogens (tertiary/aromatic N) is 1.